The highest BCUT2D eigenvalue weighted by molar-refractivity contribution is 7.98. The number of aromatic nitrogens is 4. The van der Waals surface area contributed by atoms with E-state index in [1.165, 1.54) is 0 Å². The summed E-state index contributed by atoms with van der Waals surface area (Å²) in [4.78, 5) is 4.53. The summed E-state index contributed by atoms with van der Waals surface area (Å²) in [5.74, 6) is 3.15. The van der Waals surface area contributed by atoms with E-state index in [1.807, 2.05) is 37.3 Å². The van der Waals surface area contributed by atoms with Crippen LogP contribution in [-0.4, -0.2) is 19.7 Å². The van der Waals surface area contributed by atoms with Crippen LogP contribution >= 0.6 is 23.1 Å². The Kier molecular flexibility index (Phi) is 6.68. The summed E-state index contributed by atoms with van der Waals surface area (Å²) in [5, 5.41) is 12.9. The highest BCUT2D eigenvalue weighted by Crippen LogP contribution is 2.24. The maximum absolute atomic E-state index is 5.88. The molecule has 0 unspecified atom stereocenters. The second kappa shape index (κ2) is 9.19. The smallest absolute Gasteiger partial charge is 0.191 e. The van der Waals surface area contributed by atoms with E-state index < -0.39 is 0 Å². The van der Waals surface area contributed by atoms with Crippen molar-refractivity contribution in [1.82, 2.24) is 19.7 Å². The van der Waals surface area contributed by atoms with Gasteiger partial charge in [-0.05, 0) is 31.4 Å². The fourth-order valence-corrected chi connectivity index (χ4v) is 4.02. The van der Waals surface area contributed by atoms with Gasteiger partial charge >= 0.3 is 0 Å². The third-order valence-electron chi connectivity index (χ3n) is 3.85. The first-order valence-electron chi connectivity index (χ1n) is 8.75. The number of nitrogens with zero attached hydrogens (tertiary/aromatic N) is 4. The summed E-state index contributed by atoms with van der Waals surface area (Å²) in [7, 11) is 0. The van der Waals surface area contributed by atoms with Crippen molar-refractivity contribution in [3.63, 3.8) is 0 Å². The molecule has 3 aromatic rings. The monoisotopic (exact) mass is 388 g/mol. The number of benzene rings is 1. The normalized spacial score (nSPS) is 11.2. The van der Waals surface area contributed by atoms with Crippen molar-refractivity contribution < 1.29 is 4.74 Å². The standard InChI is InChI=1S/C19H24N4OS2/c1-14(2)9-10-23-18(11-24-17-7-5-4-6-8-17)21-22-19(23)26-13-16-12-25-15(3)20-16/h4-8,12,14H,9-11,13H2,1-3H3. The maximum Gasteiger partial charge on any atom is 0.191 e. The molecular weight excluding hydrogens is 364 g/mol. The molecule has 7 heteroatoms. The van der Waals surface area contributed by atoms with Crippen LogP contribution in [0.25, 0.3) is 0 Å². The minimum absolute atomic E-state index is 0.422. The van der Waals surface area contributed by atoms with Crippen LogP contribution in [0.2, 0.25) is 0 Å². The van der Waals surface area contributed by atoms with Gasteiger partial charge < -0.3 is 9.30 Å². The molecule has 2 aromatic heterocycles. The summed E-state index contributed by atoms with van der Waals surface area (Å²) < 4.78 is 8.06. The maximum atomic E-state index is 5.88. The van der Waals surface area contributed by atoms with E-state index in [9.17, 15) is 0 Å². The first kappa shape index (κ1) is 18.9. The molecule has 0 bridgehead atoms. The van der Waals surface area contributed by atoms with Crippen LogP contribution in [0.5, 0.6) is 5.75 Å². The topological polar surface area (TPSA) is 52.8 Å². The minimum atomic E-state index is 0.422. The molecule has 138 valence electrons. The van der Waals surface area contributed by atoms with Gasteiger partial charge in [0.05, 0.1) is 10.7 Å². The van der Waals surface area contributed by atoms with Gasteiger partial charge in [0.2, 0.25) is 0 Å². The van der Waals surface area contributed by atoms with E-state index in [1.54, 1.807) is 23.1 Å². The molecule has 0 aliphatic heterocycles. The third kappa shape index (κ3) is 5.32. The average Bonchev–Trinajstić information content (AvgIpc) is 3.23. The predicted octanol–water partition coefficient (Wildman–Crippen LogP) is 4.96. The number of thioether (sulfide) groups is 1. The number of hydrogen-bond donors (Lipinski definition) is 0. The first-order chi connectivity index (χ1) is 12.6. The largest absolute Gasteiger partial charge is 0.486 e. The molecule has 0 spiro atoms. The van der Waals surface area contributed by atoms with E-state index >= 15 is 0 Å². The Balaban J connectivity index is 1.69. The lowest BCUT2D eigenvalue weighted by molar-refractivity contribution is 0.285. The van der Waals surface area contributed by atoms with Crippen LogP contribution in [0, 0.1) is 12.8 Å². The van der Waals surface area contributed by atoms with Crippen LogP contribution < -0.4 is 4.74 Å². The molecular formula is C19H24N4OS2. The Morgan fingerprint density at radius 2 is 2.00 bits per heavy atom. The van der Waals surface area contributed by atoms with Crippen LogP contribution in [0.4, 0.5) is 0 Å². The Hall–Kier alpha value is -1.86. The summed E-state index contributed by atoms with van der Waals surface area (Å²) >= 11 is 3.37. The van der Waals surface area contributed by atoms with Crippen molar-refractivity contribution in [2.45, 2.75) is 51.3 Å². The lowest BCUT2D eigenvalue weighted by atomic mass is 10.1. The zero-order valence-electron chi connectivity index (χ0n) is 15.4. The van der Waals surface area contributed by atoms with Gasteiger partial charge in [-0.3, -0.25) is 0 Å². The molecule has 0 N–H and O–H groups in total. The quantitative estimate of drug-likeness (QED) is 0.485. The highest BCUT2D eigenvalue weighted by atomic mass is 32.2. The summed E-state index contributed by atoms with van der Waals surface area (Å²) in [5.41, 5.74) is 1.10. The van der Waals surface area contributed by atoms with Gasteiger partial charge in [-0.25, -0.2) is 4.98 Å². The van der Waals surface area contributed by atoms with Crippen LogP contribution in [-0.2, 0) is 18.9 Å². The zero-order chi connectivity index (χ0) is 18.4. The van der Waals surface area contributed by atoms with Crippen molar-refractivity contribution in [3.05, 3.63) is 52.2 Å². The molecule has 0 aliphatic rings. The van der Waals surface area contributed by atoms with Gasteiger partial charge in [-0.1, -0.05) is 43.8 Å². The minimum Gasteiger partial charge on any atom is -0.486 e. The fraction of sp³-hybridized carbons (Fsp3) is 0.421. The summed E-state index contributed by atoms with van der Waals surface area (Å²) in [6.45, 7) is 7.82. The molecule has 26 heavy (non-hydrogen) atoms. The van der Waals surface area contributed by atoms with E-state index in [0.29, 0.717) is 12.5 Å². The van der Waals surface area contributed by atoms with Gasteiger partial charge in [-0.2, -0.15) is 0 Å². The van der Waals surface area contributed by atoms with Gasteiger partial charge in [0.25, 0.3) is 0 Å². The molecule has 5 nitrogen and oxygen atoms in total. The van der Waals surface area contributed by atoms with E-state index in [-0.39, 0.29) is 0 Å². The number of ether oxygens (including phenoxy) is 1. The van der Waals surface area contributed by atoms with Crippen LogP contribution in [0.1, 0.15) is 36.8 Å². The molecule has 1 aromatic carbocycles. The molecule has 0 saturated heterocycles. The highest BCUT2D eigenvalue weighted by Gasteiger charge is 2.14. The second-order valence-corrected chi connectivity index (χ2v) is 8.49. The Labute approximate surface area is 162 Å². The number of aryl methyl sites for hydroxylation is 1. The molecule has 0 aliphatic carbocycles. The average molecular weight is 389 g/mol. The van der Waals surface area contributed by atoms with Crippen molar-refractivity contribution in [2.75, 3.05) is 0 Å². The van der Waals surface area contributed by atoms with E-state index in [2.05, 4.69) is 39.0 Å². The number of thiazole rings is 1. The molecule has 2 heterocycles. The Bertz CT molecular complexity index is 814. The molecule has 0 radical (unpaired) electrons. The zero-order valence-corrected chi connectivity index (χ0v) is 17.0. The van der Waals surface area contributed by atoms with Gasteiger partial charge in [-0.15, -0.1) is 21.5 Å². The lowest BCUT2D eigenvalue weighted by Gasteiger charge is -2.12. The van der Waals surface area contributed by atoms with Crippen LogP contribution in [0.15, 0.2) is 40.9 Å². The summed E-state index contributed by atoms with van der Waals surface area (Å²) in [6, 6.07) is 9.82. The van der Waals surface area contributed by atoms with Crippen molar-refractivity contribution in [2.24, 2.45) is 5.92 Å². The van der Waals surface area contributed by atoms with E-state index in [0.717, 1.165) is 46.2 Å². The molecule has 0 atom stereocenters. The van der Waals surface area contributed by atoms with Crippen molar-refractivity contribution >= 4 is 23.1 Å². The Morgan fingerprint density at radius 3 is 2.69 bits per heavy atom. The van der Waals surface area contributed by atoms with Gasteiger partial charge in [0, 0.05) is 17.7 Å². The lowest BCUT2D eigenvalue weighted by Crippen LogP contribution is -2.10. The fourth-order valence-electron chi connectivity index (χ4n) is 2.42. The molecule has 3 rings (SSSR count). The number of hydrogen-bond acceptors (Lipinski definition) is 6. The third-order valence-corrected chi connectivity index (χ3v) is 5.67. The van der Waals surface area contributed by atoms with Crippen molar-refractivity contribution in [1.29, 1.82) is 0 Å². The molecule has 0 amide bonds. The molecule has 0 fully saturated rings. The first-order valence-corrected chi connectivity index (χ1v) is 10.6. The van der Waals surface area contributed by atoms with Crippen molar-refractivity contribution in [3.8, 4) is 5.75 Å². The van der Waals surface area contributed by atoms with Crippen LogP contribution in [0.3, 0.4) is 0 Å². The SMILES string of the molecule is Cc1nc(CSc2nnc(COc3ccccc3)n2CCC(C)C)cs1. The summed E-state index contributed by atoms with van der Waals surface area (Å²) in [6.07, 6.45) is 1.08. The van der Waals surface area contributed by atoms with Gasteiger partial charge in [0.1, 0.15) is 12.4 Å². The second-order valence-electron chi connectivity index (χ2n) is 6.48. The molecule has 0 saturated carbocycles. The van der Waals surface area contributed by atoms with E-state index in [4.69, 9.17) is 4.74 Å². The number of rotatable bonds is 9. The Morgan fingerprint density at radius 1 is 1.19 bits per heavy atom. The van der Waals surface area contributed by atoms with Gasteiger partial charge in [0.15, 0.2) is 11.0 Å². The number of para-hydroxylation sites is 1. The predicted molar refractivity (Wildman–Crippen MR) is 107 cm³/mol.